The third-order valence-corrected chi connectivity index (χ3v) is 2.43. The highest BCUT2D eigenvalue weighted by molar-refractivity contribution is 5.67. The Balaban J connectivity index is 2.22. The lowest BCUT2D eigenvalue weighted by Crippen LogP contribution is -2.31. The van der Waals surface area contributed by atoms with E-state index in [2.05, 4.69) is 6.92 Å². The molecule has 0 heterocycles. The van der Waals surface area contributed by atoms with Gasteiger partial charge in [0, 0.05) is 13.6 Å². The largest absolute Gasteiger partial charge is 0.447 e. The molecule has 1 aliphatic rings. The van der Waals surface area contributed by atoms with Crippen molar-refractivity contribution in [1.29, 1.82) is 0 Å². The summed E-state index contributed by atoms with van der Waals surface area (Å²) in [5.74, 6) is 1.49. The Bertz CT molecular complexity index is 191. The first-order valence-corrected chi connectivity index (χ1v) is 4.92. The number of hydrogen-bond acceptors (Lipinski definition) is 2. The molecule has 1 aliphatic carbocycles. The van der Waals surface area contributed by atoms with E-state index in [1.165, 1.54) is 6.42 Å². The highest BCUT2D eigenvalue weighted by Gasteiger charge is 2.34. The van der Waals surface area contributed by atoms with Crippen LogP contribution in [0.1, 0.15) is 27.2 Å². The molecule has 1 saturated carbocycles. The van der Waals surface area contributed by atoms with Crippen LogP contribution >= 0.6 is 0 Å². The molecule has 0 N–H and O–H groups in total. The van der Waals surface area contributed by atoms with Gasteiger partial charge in [-0.25, -0.2) is 4.79 Å². The molecule has 3 heteroatoms. The number of carbonyl (C=O) groups is 1. The number of amides is 1. The van der Waals surface area contributed by atoms with Crippen molar-refractivity contribution >= 4 is 6.09 Å². The lowest BCUT2D eigenvalue weighted by molar-refractivity contribution is 0.0826. The molecule has 3 nitrogen and oxygen atoms in total. The van der Waals surface area contributed by atoms with Crippen LogP contribution < -0.4 is 0 Å². The van der Waals surface area contributed by atoms with Crippen molar-refractivity contribution in [2.45, 2.75) is 33.3 Å². The number of nitrogens with zero attached hydrogens (tertiary/aromatic N) is 1. The van der Waals surface area contributed by atoms with Gasteiger partial charge in [0.25, 0.3) is 0 Å². The van der Waals surface area contributed by atoms with Gasteiger partial charge in [0.15, 0.2) is 0 Å². The van der Waals surface area contributed by atoms with E-state index < -0.39 is 0 Å². The molecule has 13 heavy (non-hydrogen) atoms. The lowest BCUT2D eigenvalue weighted by Gasteiger charge is -2.18. The van der Waals surface area contributed by atoms with Gasteiger partial charge < -0.3 is 9.64 Å². The Morgan fingerprint density at radius 2 is 2.15 bits per heavy atom. The second kappa shape index (κ2) is 3.99. The van der Waals surface area contributed by atoms with Crippen LogP contribution in [-0.2, 0) is 4.74 Å². The summed E-state index contributed by atoms with van der Waals surface area (Å²) in [6.45, 7) is 6.79. The van der Waals surface area contributed by atoms with Crippen LogP contribution in [0.2, 0.25) is 0 Å². The fraction of sp³-hybridized carbons (Fsp3) is 0.900. The van der Waals surface area contributed by atoms with Gasteiger partial charge >= 0.3 is 6.09 Å². The van der Waals surface area contributed by atoms with Crippen molar-refractivity contribution in [3.8, 4) is 0 Å². The minimum atomic E-state index is -0.200. The molecule has 1 fully saturated rings. The van der Waals surface area contributed by atoms with E-state index in [0.717, 1.165) is 12.5 Å². The maximum Gasteiger partial charge on any atom is 0.409 e. The maximum absolute atomic E-state index is 11.3. The standard InChI is InChI=1S/C10H19NO2/c1-7(2)13-10(12)11(4)6-9-5-8(9)3/h7-9H,5-6H2,1-4H3. The van der Waals surface area contributed by atoms with Crippen molar-refractivity contribution < 1.29 is 9.53 Å². The molecule has 1 amide bonds. The average Bonchev–Trinajstić information content (AvgIpc) is 2.64. The van der Waals surface area contributed by atoms with E-state index >= 15 is 0 Å². The maximum atomic E-state index is 11.3. The minimum Gasteiger partial charge on any atom is -0.447 e. The van der Waals surface area contributed by atoms with Gasteiger partial charge in [-0.2, -0.15) is 0 Å². The summed E-state index contributed by atoms with van der Waals surface area (Å²) in [7, 11) is 1.80. The zero-order valence-corrected chi connectivity index (χ0v) is 8.91. The summed E-state index contributed by atoms with van der Waals surface area (Å²) in [4.78, 5) is 13.0. The van der Waals surface area contributed by atoms with Gasteiger partial charge in [-0.15, -0.1) is 0 Å². The van der Waals surface area contributed by atoms with Gasteiger partial charge in [0.1, 0.15) is 0 Å². The number of carbonyl (C=O) groups excluding carboxylic acids is 1. The summed E-state index contributed by atoms with van der Waals surface area (Å²) < 4.78 is 5.06. The van der Waals surface area contributed by atoms with E-state index in [1.807, 2.05) is 13.8 Å². The van der Waals surface area contributed by atoms with Gasteiger partial charge in [-0.3, -0.25) is 0 Å². The molecule has 0 saturated heterocycles. The number of rotatable bonds is 3. The highest BCUT2D eigenvalue weighted by atomic mass is 16.6. The predicted molar refractivity (Wildman–Crippen MR) is 51.5 cm³/mol. The van der Waals surface area contributed by atoms with Gasteiger partial charge in [-0.1, -0.05) is 6.92 Å². The topological polar surface area (TPSA) is 29.5 Å². The van der Waals surface area contributed by atoms with Crippen LogP contribution in [0.25, 0.3) is 0 Å². The van der Waals surface area contributed by atoms with E-state index in [-0.39, 0.29) is 12.2 Å². The molecule has 0 spiro atoms. The second-order valence-electron chi connectivity index (χ2n) is 4.29. The Morgan fingerprint density at radius 3 is 2.54 bits per heavy atom. The van der Waals surface area contributed by atoms with E-state index in [0.29, 0.717) is 5.92 Å². The molecular formula is C10H19NO2. The first-order chi connectivity index (χ1) is 6.00. The summed E-state index contributed by atoms with van der Waals surface area (Å²) in [5, 5.41) is 0. The predicted octanol–water partition coefficient (Wildman–Crippen LogP) is 2.12. The van der Waals surface area contributed by atoms with Crippen molar-refractivity contribution in [3.05, 3.63) is 0 Å². The van der Waals surface area contributed by atoms with Crippen LogP contribution in [0, 0.1) is 11.8 Å². The molecule has 0 aromatic rings. The first kappa shape index (κ1) is 10.4. The quantitative estimate of drug-likeness (QED) is 0.674. The Labute approximate surface area is 80.1 Å². The van der Waals surface area contributed by atoms with E-state index in [1.54, 1.807) is 11.9 Å². The molecule has 0 aromatic carbocycles. The third-order valence-electron chi connectivity index (χ3n) is 2.43. The number of ether oxygens (including phenoxy) is 1. The Morgan fingerprint density at radius 1 is 1.62 bits per heavy atom. The van der Waals surface area contributed by atoms with Crippen molar-refractivity contribution in [2.75, 3.05) is 13.6 Å². The molecule has 0 aromatic heterocycles. The lowest BCUT2D eigenvalue weighted by atomic mass is 10.3. The van der Waals surface area contributed by atoms with Crippen LogP contribution in [0.4, 0.5) is 4.79 Å². The SMILES string of the molecule is CC(C)OC(=O)N(C)CC1CC1C. The third kappa shape index (κ3) is 3.25. The molecule has 0 aliphatic heterocycles. The second-order valence-corrected chi connectivity index (χ2v) is 4.29. The molecule has 76 valence electrons. The smallest absolute Gasteiger partial charge is 0.409 e. The van der Waals surface area contributed by atoms with Crippen molar-refractivity contribution in [3.63, 3.8) is 0 Å². The molecular weight excluding hydrogens is 166 g/mol. The summed E-state index contributed by atoms with van der Waals surface area (Å²) >= 11 is 0. The normalized spacial score (nSPS) is 25.9. The highest BCUT2D eigenvalue weighted by Crippen LogP contribution is 2.37. The van der Waals surface area contributed by atoms with Gasteiger partial charge in [-0.05, 0) is 32.1 Å². The summed E-state index contributed by atoms with van der Waals surface area (Å²) in [6.07, 6.45) is 1.03. The van der Waals surface area contributed by atoms with Gasteiger partial charge in [0.2, 0.25) is 0 Å². The molecule has 0 bridgehead atoms. The van der Waals surface area contributed by atoms with Crippen LogP contribution in [-0.4, -0.2) is 30.7 Å². The van der Waals surface area contributed by atoms with Crippen molar-refractivity contribution in [2.24, 2.45) is 11.8 Å². The minimum absolute atomic E-state index is 0.0217. The fourth-order valence-corrected chi connectivity index (χ4v) is 1.37. The van der Waals surface area contributed by atoms with Crippen LogP contribution in [0.15, 0.2) is 0 Å². The fourth-order valence-electron chi connectivity index (χ4n) is 1.37. The van der Waals surface area contributed by atoms with Crippen LogP contribution in [0.3, 0.4) is 0 Å². The zero-order chi connectivity index (χ0) is 10.0. The van der Waals surface area contributed by atoms with Crippen LogP contribution in [0.5, 0.6) is 0 Å². The zero-order valence-electron chi connectivity index (χ0n) is 8.91. The van der Waals surface area contributed by atoms with E-state index in [4.69, 9.17) is 4.74 Å². The Hall–Kier alpha value is -0.730. The Kier molecular flexibility index (Phi) is 3.17. The number of hydrogen-bond donors (Lipinski definition) is 0. The first-order valence-electron chi connectivity index (χ1n) is 4.92. The monoisotopic (exact) mass is 185 g/mol. The molecule has 1 rings (SSSR count). The van der Waals surface area contributed by atoms with Gasteiger partial charge in [0.05, 0.1) is 6.10 Å². The molecule has 2 unspecified atom stereocenters. The molecule has 2 atom stereocenters. The summed E-state index contributed by atoms with van der Waals surface area (Å²) in [6, 6.07) is 0. The van der Waals surface area contributed by atoms with Crippen molar-refractivity contribution in [1.82, 2.24) is 4.90 Å². The summed E-state index contributed by atoms with van der Waals surface area (Å²) in [5.41, 5.74) is 0. The van der Waals surface area contributed by atoms with E-state index in [9.17, 15) is 4.79 Å². The average molecular weight is 185 g/mol. The molecule has 0 radical (unpaired) electrons.